The molecule has 23 heavy (non-hydrogen) atoms. The third-order valence-electron chi connectivity index (χ3n) is 5.11. The summed E-state index contributed by atoms with van der Waals surface area (Å²) < 4.78 is 4.75. The van der Waals surface area contributed by atoms with Crippen LogP contribution in [0.4, 0.5) is 0 Å². The molecule has 2 aliphatic rings. The molecule has 1 saturated heterocycles. The van der Waals surface area contributed by atoms with Crippen molar-refractivity contribution in [2.24, 2.45) is 5.92 Å². The molecule has 1 aromatic rings. The van der Waals surface area contributed by atoms with Crippen LogP contribution >= 0.6 is 0 Å². The van der Waals surface area contributed by atoms with Gasteiger partial charge in [-0.15, -0.1) is 0 Å². The molecule has 1 aromatic carbocycles. The van der Waals surface area contributed by atoms with Crippen molar-refractivity contribution < 1.29 is 9.53 Å². The fourth-order valence-electron chi connectivity index (χ4n) is 3.50. The van der Waals surface area contributed by atoms with Crippen LogP contribution in [0.15, 0.2) is 24.3 Å². The first-order valence-electron chi connectivity index (χ1n) is 8.62. The van der Waals surface area contributed by atoms with Crippen molar-refractivity contribution in [3.05, 3.63) is 35.4 Å². The Bertz CT molecular complexity index is 549. The lowest BCUT2D eigenvalue weighted by molar-refractivity contribution is 0.0131. The molecule has 0 N–H and O–H groups in total. The summed E-state index contributed by atoms with van der Waals surface area (Å²) in [7, 11) is 1.42. The van der Waals surface area contributed by atoms with Gasteiger partial charge in [0.15, 0.2) is 0 Å². The third-order valence-corrected chi connectivity index (χ3v) is 5.11. The molecule has 1 aliphatic carbocycles. The number of benzene rings is 1. The van der Waals surface area contributed by atoms with Crippen LogP contribution in [-0.2, 0) is 11.3 Å². The predicted octanol–water partition coefficient (Wildman–Crippen LogP) is 2.78. The summed E-state index contributed by atoms with van der Waals surface area (Å²) in [6, 6.07) is 7.79. The number of methoxy groups -OCH3 is 1. The van der Waals surface area contributed by atoms with E-state index in [0.29, 0.717) is 5.56 Å². The van der Waals surface area contributed by atoms with Crippen molar-refractivity contribution in [3.63, 3.8) is 0 Å². The average molecular weight is 316 g/mol. The Morgan fingerprint density at radius 2 is 1.91 bits per heavy atom. The van der Waals surface area contributed by atoms with Crippen molar-refractivity contribution in [2.75, 3.05) is 33.3 Å². The minimum absolute atomic E-state index is 0.243. The van der Waals surface area contributed by atoms with E-state index in [0.717, 1.165) is 32.1 Å². The van der Waals surface area contributed by atoms with Crippen LogP contribution in [0.1, 0.15) is 42.6 Å². The molecular weight excluding hydrogens is 288 g/mol. The molecule has 0 atom stereocenters. The molecule has 1 aliphatic heterocycles. The van der Waals surface area contributed by atoms with E-state index in [-0.39, 0.29) is 11.5 Å². The molecule has 0 unspecified atom stereocenters. The van der Waals surface area contributed by atoms with Crippen LogP contribution < -0.4 is 0 Å². The average Bonchev–Trinajstić information content (AvgIpc) is 3.34. The van der Waals surface area contributed by atoms with E-state index in [2.05, 4.69) is 23.6 Å². The first-order valence-corrected chi connectivity index (χ1v) is 8.62. The molecule has 0 radical (unpaired) electrons. The summed E-state index contributed by atoms with van der Waals surface area (Å²) in [6.07, 6.45) is 2.84. The Labute approximate surface area is 139 Å². The zero-order valence-electron chi connectivity index (χ0n) is 14.5. The molecule has 3 rings (SSSR count). The summed E-state index contributed by atoms with van der Waals surface area (Å²) in [4.78, 5) is 16.7. The van der Waals surface area contributed by atoms with Gasteiger partial charge in [0.05, 0.1) is 12.7 Å². The Kier molecular flexibility index (Phi) is 4.74. The maximum absolute atomic E-state index is 11.5. The van der Waals surface area contributed by atoms with Gasteiger partial charge in [0.1, 0.15) is 0 Å². The SMILES string of the molecule is COC(=O)c1ccc(CN2CCN(CC3CC3)C(C)(C)C2)cc1. The van der Waals surface area contributed by atoms with Crippen molar-refractivity contribution in [1.82, 2.24) is 9.80 Å². The lowest BCUT2D eigenvalue weighted by atomic mass is 9.97. The highest BCUT2D eigenvalue weighted by molar-refractivity contribution is 5.89. The van der Waals surface area contributed by atoms with Gasteiger partial charge < -0.3 is 4.74 Å². The normalized spacial score (nSPS) is 22.0. The molecule has 0 amide bonds. The number of esters is 1. The molecule has 2 fully saturated rings. The van der Waals surface area contributed by atoms with Crippen LogP contribution in [0, 0.1) is 5.92 Å². The van der Waals surface area contributed by atoms with Crippen LogP contribution in [-0.4, -0.2) is 54.6 Å². The highest BCUT2D eigenvalue weighted by Gasteiger charge is 2.36. The monoisotopic (exact) mass is 316 g/mol. The summed E-state index contributed by atoms with van der Waals surface area (Å²) in [5, 5.41) is 0. The molecule has 1 heterocycles. The lowest BCUT2D eigenvalue weighted by Crippen LogP contribution is -2.59. The second-order valence-corrected chi connectivity index (χ2v) is 7.60. The zero-order valence-corrected chi connectivity index (χ0v) is 14.5. The van der Waals surface area contributed by atoms with Crippen molar-refractivity contribution in [1.29, 1.82) is 0 Å². The summed E-state index contributed by atoms with van der Waals surface area (Å²) >= 11 is 0. The number of hydrogen-bond acceptors (Lipinski definition) is 4. The van der Waals surface area contributed by atoms with E-state index in [4.69, 9.17) is 4.74 Å². The number of hydrogen-bond donors (Lipinski definition) is 0. The number of rotatable bonds is 5. The molecule has 126 valence electrons. The van der Waals surface area contributed by atoms with Gasteiger partial charge in [-0.2, -0.15) is 0 Å². The summed E-state index contributed by atoms with van der Waals surface area (Å²) in [6.45, 7) is 10.3. The van der Waals surface area contributed by atoms with Crippen LogP contribution in [0.25, 0.3) is 0 Å². The van der Waals surface area contributed by atoms with Crippen molar-refractivity contribution in [2.45, 2.75) is 38.8 Å². The standard InChI is InChI=1S/C19H28N2O2/c1-19(2)14-20(10-11-21(19)13-16-4-5-16)12-15-6-8-17(9-7-15)18(22)23-3/h6-9,16H,4-5,10-14H2,1-3H3. The summed E-state index contributed by atoms with van der Waals surface area (Å²) in [5.74, 6) is 0.679. The lowest BCUT2D eigenvalue weighted by Gasteiger charge is -2.47. The summed E-state index contributed by atoms with van der Waals surface area (Å²) in [5.41, 5.74) is 2.11. The first kappa shape index (κ1) is 16.5. The van der Waals surface area contributed by atoms with Gasteiger partial charge in [-0.3, -0.25) is 9.80 Å². The van der Waals surface area contributed by atoms with Gasteiger partial charge in [-0.1, -0.05) is 12.1 Å². The topological polar surface area (TPSA) is 32.8 Å². The molecule has 4 heteroatoms. The quantitative estimate of drug-likeness (QED) is 0.782. The van der Waals surface area contributed by atoms with Gasteiger partial charge in [0.2, 0.25) is 0 Å². The highest BCUT2D eigenvalue weighted by Crippen LogP contribution is 2.33. The van der Waals surface area contributed by atoms with E-state index in [1.165, 1.54) is 32.1 Å². The minimum atomic E-state index is -0.272. The van der Waals surface area contributed by atoms with E-state index in [1.54, 1.807) is 0 Å². The molecular formula is C19H28N2O2. The van der Waals surface area contributed by atoms with Crippen molar-refractivity contribution >= 4 is 5.97 Å². The van der Waals surface area contributed by atoms with Gasteiger partial charge in [0.25, 0.3) is 0 Å². The fourth-order valence-corrected chi connectivity index (χ4v) is 3.50. The minimum Gasteiger partial charge on any atom is -0.465 e. The Balaban J connectivity index is 1.57. The van der Waals surface area contributed by atoms with Gasteiger partial charge in [-0.05, 0) is 50.3 Å². The van der Waals surface area contributed by atoms with Gasteiger partial charge in [-0.25, -0.2) is 4.79 Å². The highest BCUT2D eigenvalue weighted by atomic mass is 16.5. The number of nitrogens with zero attached hydrogens (tertiary/aromatic N) is 2. The van der Waals surface area contributed by atoms with Crippen LogP contribution in [0.5, 0.6) is 0 Å². The van der Waals surface area contributed by atoms with Crippen LogP contribution in [0.3, 0.4) is 0 Å². The van der Waals surface area contributed by atoms with Crippen LogP contribution in [0.2, 0.25) is 0 Å². The molecule has 1 saturated carbocycles. The van der Waals surface area contributed by atoms with E-state index in [1.807, 2.05) is 24.3 Å². The molecule has 0 aromatic heterocycles. The second kappa shape index (κ2) is 6.62. The van der Waals surface area contributed by atoms with E-state index in [9.17, 15) is 4.79 Å². The Morgan fingerprint density at radius 3 is 2.48 bits per heavy atom. The van der Waals surface area contributed by atoms with E-state index >= 15 is 0 Å². The zero-order chi connectivity index (χ0) is 16.4. The second-order valence-electron chi connectivity index (χ2n) is 7.60. The number of carbonyl (C=O) groups is 1. The molecule has 4 nitrogen and oxygen atoms in total. The fraction of sp³-hybridized carbons (Fsp3) is 0.632. The molecule has 0 spiro atoms. The largest absolute Gasteiger partial charge is 0.465 e. The maximum atomic E-state index is 11.5. The Morgan fingerprint density at radius 1 is 1.22 bits per heavy atom. The van der Waals surface area contributed by atoms with E-state index < -0.39 is 0 Å². The maximum Gasteiger partial charge on any atom is 0.337 e. The predicted molar refractivity (Wildman–Crippen MR) is 91.4 cm³/mol. The third kappa shape index (κ3) is 4.12. The number of carbonyl (C=O) groups excluding carboxylic acids is 1. The van der Waals surface area contributed by atoms with Gasteiger partial charge in [0, 0.05) is 38.3 Å². The first-order chi connectivity index (χ1) is 11.0. The van der Waals surface area contributed by atoms with Crippen molar-refractivity contribution in [3.8, 4) is 0 Å². The van der Waals surface area contributed by atoms with Gasteiger partial charge >= 0.3 is 5.97 Å². The molecule has 0 bridgehead atoms. The smallest absolute Gasteiger partial charge is 0.337 e. The number of piperazine rings is 1. The number of ether oxygens (including phenoxy) is 1. The Hall–Kier alpha value is -1.39.